The van der Waals surface area contributed by atoms with Gasteiger partial charge in [-0.15, -0.1) is 0 Å². The van der Waals surface area contributed by atoms with Crippen LogP contribution < -0.4 is 20.7 Å². The summed E-state index contributed by atoms with van der Waals surface area (Å²) in [5.74, 6) is 0.410. The maximum absolute atomic E-state index is 13.3. The smallest absolute Gasteiger partial charge is 0.414 e. The van der Waals surface area contributed by atoms with Crippen molar-refractivity contribution in [2.45, 2.75) is 72.6 Å². The summed E-state index contributed by atoms with van der Waals surface area (Å²) in [4.78, 5) is 42.3. The van der Waals surface area contributed by atoms with Crippen molar-refractivity contribution in [3.63, 3.8) is 0 Å². The fourth-order valence-corrected chi connectivity index (χ4v) is 4.41. The summed E-state index contributed by atoms with van der Waals surface area (Å²) in [6.07, 6.45) is 0.806. The summed E-state index contributed by atoms with van der Waals surface area (Å²) >= 11 is 0. The van der Waals surface area contributed by atoms with Crippen LogP contribution in [0.1, 0.15) is 64.7 Å². The molecular weight excluding hydrogens is 584 g/mol. The van der Waals surface area contributed by atoms with E-state index in [9.17, 15) is 14.4 Å². The molecule has 0 radical (unpaired) electrons. The van der Waals surface area contributed by atoms with Crippen LogP contribution in [-0.2, 0) is 20.8 Å². The minimum absolute atomic E-state index is 0.116. The van der Waals surface area contributed by atoms with Crippen LogP contribution in [0.5, 0.6) is 5.75 Å². The summed E-state index contributed by atoms with van der Waals surface area (Å²) in [6, 6.07) is 21.4. The average molecular weight is 627 g/mol. The molecule has 242 valence electrons. The summed E-state index contributed by atoms with van der Waals surface area (Å²) in [6.45, 7) is 12.9. The van der Waals surface area contributed by atoms with E-state index in [4.69, 9.17) is 14.2 Å². The first-order chi connectivity index (χ1) is 21.6. The lowest BCUT2D eigenvalue weighted by atomic mass is 10.00. The summed E-state index contributed by atoms with van der Waals surface area (Å²) in [5, 5.41) is 7.89. The van der Waals surface area contributed by atoms with E-state index in [1.807, 2.05) is 24.3 Å². The fourth-order valence-electron chi connectivity index (χ4n) is 4.41. The minimum Gasteiger partial charge on any atom is -0.493 e. The maximum Gasteiger partial charge on any atom is 0.414 e. The van der Waals surface area contributed by atoms with Gasteiger partial charge >= 0.3 is 12.2 Å². The molecule has 0 unspecified atom stereocenters. The van der Waals surface area contributed by atoms with E-state index in [1.54, 1.807) is 65.8 Å². The molecule has 3 aromatic rings. The van der Waals surface area contributed by atoms with Gasteiger partial charge in [0.15, 0.2) is 0 Å². The maximum atomic E-state index is 13.3. The first-order valence-electron chi connectivity index (χ1n) is 15.1. The molecule has 0 fully saturated rings. The van der Waals surface area contributed by atoms with Crippen LogP contribution in [0.25, 0.3) is 17.2 Å². The molecule has 3 aromatic carbocycles. The van der Waals surface area contributed by atoms with E-state index in [0.717, 1.165) is 28.0 Å². The van der Waals surface area contributed by atoms with Gasteiger partial charge in [0, 0.05) is 23.2 Å². The Morgan fingerprint density at radius 1 is 0.804 bits per heavy atom. The van der Waals surface area contributed by atoms with Gasteiger partial charge in [0.1, 0.15) is 17.0 Å². The Kier molecular flexibility index (Phi) is 10.5. The summed E-state index contributed by atoms with van der Waals surface area (Å²) in [7, 11) is 0. The number of guanidine groups is 1. The molecule has 0 bridgehead atoms. The number of amides is 3. The van der Waals surface area contributed by atoms with Gasteiger partial charge in [0.2, 0.25) is 5.96 Å². The zero-order valence-corrected chi connectivity index (χ0v) is 27.4. The molecule has 10 nitrogen and oxygen atoms in total. The topological polar surface area (TPSA) is 127 Å². The monoisotopic (exact) mass is 626 g/mol. The number of hydrogen-bond acceptors (Lipinski definition) is 7. The molecular formula is C36H42N4O6. The third-order valence-electron chi connectivity index (χ3n) is 6.52. The van der Waals surface area contributed by atoms with Gasteiger partial charge in [-0.2, -0.15) is 0 Å². The van der Waals surface area contributed by atoms with E-state index >= 15 is 0 Å². The van der Waals surface area contributed by atoms with Crippen molar-refractivity contribution < 1.29 is 28.6 Å². The predicted octanol–water partition coefficient (Wildman–Crippen LogP) is 7.37. The number of rotatable bonds is 5. The lowest BCUT2D eigenvalue weighted by molar-refractivity contribution is -0.113. The van der Waals surface area contributed by atoms with Gasteiger partial charge in [-0.1, -0.05) is 48.0 Å². The van der Waals surface area contributed by atoms with Crippen LogP contribution in [-0.4, -0.2) is 41.9 Å². The predicted molar refractivity (Wildman–Crippen MR) is 180 cm³/mol. The van der Waals surface area contributed by atoms with Crippen LogP contribution >= 0.6 is 0 Å². The molecule has 3 N–H and O–H groups in total. The number of fused-ring (bicyclic) bond motifs is 1. The van der Waals surface area contributed by atoms with Crippen LogP contribution in [0.4, 0.5) is 15.3 Å². The van der Waals surface area contributed by atoms with Gasteiger partial charge < -0.3 is 19.5 Å². The highest BCUT2D eigenvalue weighted by molar-refractivity contribution is 6.07. The second kappa shape index (κ2) is 14.3. The van der Waals surface area contributed by atoms with Gasteiger partial charge in [0.25, 0.3) is 5.91 Å². The van der Waals surface area contributed by atoms with Crippen molar-refractivity contribution in [1.82, 2.24) is 10.6 Å². The third-order valence-corrected chi connectivity index (χ3v) is 6.52. The van der Waals surface area contributed by atoms with Crippen molar-refractivity contribution in [2.75, 3.05) is 11.9 Å². The quantitative estimate of drug-likeness (QED) is 0.200. The van der Waals surface area contributed by atoms with Crippen LogP contribution in [0.2, 0.25) is 0 Å². The Morgan fingerprint density at radius 3 is 1.98 bits per heavy atom. The number of ether oxygens (including phenoxy) is 3. The van der Waals surface area contributed by atoms with E-state index < -0.39 is 23.4 Å². The largest absolute Gasteiger partial charge is 0.493 e. The van der Waals surface area contributed by atoms with E-state index in [0.29, 0.717) is 24.3 Å². The van der Waals surface area contributed by atoms with Gasteiger partial charge in [-0.05, 0) is 95.5 Å². The second-order valence-electron chi connectivity index (χ2n) is 13.0. The standard InChI is InChI=1S/C36H42N4O6/c1-23-8-12-25(13-9-23)26-14-17-30-28(20-26)21-27(18-19-44-30)31(41)38-29-15-10-24(11-16-29)22-37-32(39-33(42)45-35(2,3)4)40-34(43)46-36(5,6)7/h8-17,20-21H,18-19,22H2,1-7H3,(H,38,41)(H2,37,39,40,42,43). The number of carbonyl (C=O) groups excluding carboxylic acids is 3. The van der Waals surface area contributed by atoms with E-state index in [1.165, 1.54) is 5.56 Å². The van der Waals surface area contributed by atoms with Gasteiger partial charge in [-0.3, -0.25) is 15.4 Å². The molecule has 1 aliphatic rings. The Morgan fingerprint density at radius 2 is 1.39 bits per heavy atom. The lowest BCUT2D eigenvalue weighted by Gasteiger charge is -2.22. The molecule has 4 rings (SSSR count). The molecule has 0 spiro atoms. The highest BCUT2D eigenvalue weighted by Gasteiger charge is 2.21. The second-order valence-corrected chi connectivity index (χ2v) is 13.0. The lowest BCUT2D eigenvalue weighted by Crippen LogP contribution is -2.47. The Labute approximate surface area is 270 Å². The normalized spacial score (nSPS) is 12.7. The molecule has 10 heteroatoms. The number of benzene rings is 3. The molecule has 0 aliphatic carbocycles. The van der Waals surface area contributed by atoms with Gasteiger partial charge in [0.05, 0.1) is 13.2 Å². The fraction of sp³-hybridized carbons (Fsp3) is 0.333. The zero-order chi connectivity index (χ0) is 33.5. The molecule has 0 aromatic heterocycles. The minimum atomic E-state index is -0.771. The highest BCUT2D eigenvalue weighted by atomic mass is 16.6. The average Bonchev–Trinajstić information content (AvgIpc) is 3.17. The van der Waals surface area contributed by atoms with E-state index in [-0.39, 0.29) is 18.4 Å². The number of aryl methyl sites for hydroxylation is 1. The molecule has 0 saturated heterocycles. The first kappa shape index (κ1) is 33.8. The number of nitrogens with one attached hydrogen (secondary N) is 3. The third kappa shape index (κ3) is 10.5. The van der Waals surface area contributed by atoms with Crippen molar-refractivity contribution in [3.05, 3.63) is 89.0 Å². The van der Waals surface area contributed by atoms with Crippen molar-refractivity contribution >= 4 is 35.8 Å². The molecule has 3 amide bonds. The van der Waals surface area contributed by atoms with Crippen LogP contribution in [0.15, 0.2) is 77.3 Å². The number of hydrogen-bond donors (Lipinski definition) is 3. The first-order valence-corrected chi connectivity index (χ1v) is 15.1. The number of nitrogens with zero attached hydrogens (tertiary/aromatic N) is 1. The zero-order valence-electron chi connectivity index (χ0n) is 27.4. The Hall–Kier alpha value is -5.12. The number of anilines is 1. The van der Waals surface area contributed by atoms with Crippen LogP contribution in [0.3, 0.4) is 0 Å². The highest BCUT2D eigenvalue weighted by Crippen LogP contribution is 2.31. The number of aliphatic imine (C=N–C) groups is 1. The molecule has 0 saturated carbocycles. The molecule has 1 aliphatic heterocycles. The van der Waals surface area contributed by atoms with E-state index in [2.05, 4.69) is 52.1 Å². The summed E-state index contributed by atoms with van der Waals surface area (Å²) < 4.78 is 16.5. The molecule has 1 heterocycles. The Bertz CT molecular complexity index is 1600. The number of carbonyl (C=O) groups is 3. The molecule has 46 heavy (non-hydrogen) atoms. The van der Waals surface area contributed by atoms with Crippen molar-refractivity contribution in [3.8, 4) is 16.9 Å². The van der Waals surface area contributed by atoms with Crippen molar-refractivity contribution in [2.24, 2.45) is 4.99 Å². The SMILES string of the molecule is Cc1ccc(-c2ccc3c(c2)C=C(C(=O)Nc2ccc(CN=C(NC(=O)OC(C)(C)C)NC(=O)OC(C)(C)C)cc2)CCO3)cc1. The van der Waals surface area contributed by atoms with Crippen LogP contribution in [0, 0.1) is 6.92 Å². The number of alkyl carbamates (subject to hydrolysis) is 2. The van der Waals surface area contributed by atoms with Crippen molar-refractivity contribution in [1.29, 1.82) is 0 Å². The summed E-state index contributed by atoms with van der Waals surface area (Å²) in [5.41, 5.74) is 4.69. The Balaban J connectivity index is 1.44. The van der Waals surface area contributed by atoms with Gasteiger partial charge in [-0.25, -0.2) is 14.6 Å². The molecule has 0 atom stereocenters.